The topological polar surface area (TPSA) is 66.5 Å². The van der Waals surface area contributed by atoms with Gasteiger partial charge in [-0.25, -0.2) is 9.69 Å². The average Bonchev–Trinajstić information content (AvgIpc) is 2.64. The fraction of sp³-hybridized carbons (Fsp3) is 0.308. The Morgan fingerprint density at radius 2 is 2.05 bits per heavy atom. The lowest BCUT2D eigenvalue weighted by atomic mass is 10.2. The van der Waals surface area contributed by atoms with Crippen LogP contribution in [0, 0.1) is 5.92 Å². The van der Waals surface area contributed by atoms with Gasteiger partial charge in [0.15, 0.2) is 0 Å². The van der Waals surface area contributed by atoms with Crippen LogP contribution < -0.4 is 10.2 Å². The molecule has 0 aromatic heterocycles. The smallest absolute Gasteiger partial charge is 0.277 e. The van der Waals surface area contributed by atoms with Crippen molar-refractivity contribution in [1.29, 1.82) is 0 Å². The number of anilines is 1. The van der Waals surface area contributed by atoms with E-state index in [4.69, 9.17) is 11.6 Å². The van der Waals surface area contributed by atoms with Gasteiger partial charge in [0.2, 0.25) is 11.8 Å². The molecule has 19 heavy (non-hydrogen) atoms. The second kappa shape index (κ2) is 5.01. The van der Waals surface area contributed by atoms with Crippen LogP contribution in [0.25, 0.3) is 0 Å². The molecule has 0 saturated heterocycles. The molecule has 0 bridgehead atoms. The number of halogens is 1. The number of carbonyl (C=O) groups excluding carboxylic acids is 3. The maximum Gasteiger partial charge on any atom is 0.335 e. The predicted molar refractivity (Wildman–Crippen MR) is 71.0 cm³/mol. The molecule has 1 aliphatic heterocycles. The van der Waals surface area contributed by atoms with Crippen molar-refractivity contribution < 1.29 is 14.4 Å². The Hall–Kier alpha value is -1.88. The molecule has 1 aromatic carbocycles. The lowest BCUT2D eigenvalue weighted by Crippen LogP contribution is -2.45. The molecule has 1 N–H and O–H groups in total. The van der Waals surface area contributed by atoms with Crippen molar-refractivity contribution in [3.05, 3.63) is 28.8 Å². The monoisotopic (exact) mass is 280 g/mol. The Labute approximate surface area is 115 Å². The summed E-state index contributed by atoms with van der Waals surface area (Å²) in [5.41, 5.74) is 1.16. The molecule has 0 aliphatic carbocycles. The van der Waals surface area contributed by atoms with Gasteiger partial charge in [-0.05, 0) is 17.7 Å². The molecule has 0 radical (unpaired) electrons. The highest BCUT2D eigenvalue weighted by Gasteiger charge is 2.33. The van der Waals surface area contributed by atoms with E-state index in [-0.39, 0.29) is 18.2 Å². The lowest BCUT2D eigenvalue weighted by molar-refractivity contribution is -0.122. The van der Waals surface area contributed by atoms with Gasteiger partial charge in [-0.1, -0.05) is 31.5 Å². The SMILES string of the molecule is CC(C)C(=O)NC(=O)N1C(=O)Cc2ccc(Cl)cc21. The van der Waals surface area contributed by atoms with Gasteiger partial charge in [0, 0.05) is 10.9 Å². The van der Waals surface area contributed by atoms with Crippen LogP contribution in [0.5, 0.6) is 0 Å². The molecule has 0 unspecified atom stereocenters. The molecule has 5 nitrogen and oxygen atoms in total. The Morgan fingerprint density at radius 3 is 2.68 bits per heavy atom. The second-order valence-corrected chi connectivity index (χ2v) is 5.06. The van der Waals surface area contributed by atoms with Crippen LogP contribution in [0.3, 0.4) is 0 Å². The molecule has 1 aromatic rings. The van der Waals surface area contributed by atoms with Crippen LogP contribution in [0.4, 0.5) is 10.5 Å². The van der Waals surface area contributed by atoms with E-state index in [2.05, 4.69) is 5.32 Å². The highest BCUT2D eigenvalue weighted by molar-refractivity contribution is 6.31. The van der Waals surface area contributed by atoms with Gasteiger partial charge in [-0.2, -0.15) is 0 Å². The number of nitrogens with zero attached hydrogens (tertiary/aromatic N) is 1. The molecule has 6 heteroatoms. The molecule has 4 amide bonds. The zero-order valence-corrected chi connectivity index (χ0v) is 11.3. The third-order valence-electron chi connectivity index (χ3n) is 2.84. The Morgan fingerprint density at radius 1 is 1.37 bits per heavy atom. The van der Waals surface area contributed by atoms with Gasteiger partial charge >= 0.3 is 6.03 Å². The summed E-state index contributed by atoms with van der Waals surface area (Å²) in [7, 11) is 0. The van der Waals surface area contributed by atoms with E-state index in [0.29, 0.717) is 10.7 Å². The minimum Gasteiger partial charge on any atom is -0.277 e. The van der Waals surface area contributed by atoms with E-state index in [1.807, 2.05) is 0 Å². The van der Waals surface area contributed by atoms with Crippen molar-refractivity contribution in [1.82, 2.24) is 5.32 Å². The Bertz CT molecular complexity index is 569. The molecular weight excluding hydrogens is 268 g/mol. The van der Waals surface area contributed by atoms with Crippen molar-refractivity contribution in [3.63, 3.8) is 0 Å². The standard InChI is InChI=1S/C13H13ClN2O3/c1-7(2)12(18)15-13(19)16-10-6-9(14)4-3-8(10)5-11(16)17/h3-4,6-7H,5H2,1-2H3,(H,15,18,19). The van der Waals surface area contributed by atoms with Crippen molar-refractivity contribution in [3.8, 4) is 0 Å². The molecule has 1 aliphatic rings. The van der Waals surface area contributed by atoms with Gasteiger partial charge in [0.25, 0.3) is 0 Å². The first-order valence-corrected chi connectivity index (χ1v) is 6.24. The summed E-state index contributed by atoms with van der Waals surface area (Å²) >= 11 is 5.86. The van der Waals surface area contributed by atoms with Crippen LogP contribution in [-0.4, -0.2) is 17.8 Å². The first-order chi connectivity index (χ1) is 8.90. The minimum atomic E-state index is -0.732. The van der Waals surface area contributed by atoms with Gasteiger partial charge in [0.05, 0.1) is 12.1 Å². The summed E-state index contributed by atoms with van der Waals surface area (Å²) in [5.74, 6) is -1.12. The van der Waals surface area contributed by atoms with Crippen LogP contribution >= 0.6 is 11.6 Å². The van der Waals surface area contributed by atoms with Gasteiger partial charge < -0.3 is 0 Å². The molecule has 100 valence electrons. The molecule has 2 rings (SSSR count). The third-order valence-corrected chi connectivity index (χ3v) is 3.07. The summed E-state index contributed by atoms with van der Waals surface area (Å²) < 4.78 is 0. The van der Waals surface area contributed by atoms with Crippen molar-refractivity contribution >= 4 is 35.1 Å². The summed E-state index contributed by atoms with van der Waals surface area (Å²) in [4.78, 5) is 36.3. The number of benzene rings is 1. The van der Waals surface area contributed by atoms with E-state index in [1.165, 1.54) is 0 Å². The normalized spacial score (nSPS) is 13.7. The second-order valence-electron chi connectivity index (χ2n) is 4.63. The molecule has 0 spiro atoms. The summed E-state index contributed by atoms with van der Waals surface area (Å²) in [6.07, 6.45) is 0.135. The lowest BCUT2D eigenvalue weighted by Gasteiger charge is -2.16. The van der Waals surface area contributed by atoms with Crippen molar-refractivity contribution in [2.45, 2.75) is 20.3 Å². The van der Waals surface area contributed by atoms with Crippen LogP contribution in [0.15, 0.2) is 18.2 Å². The van der Waals surface area contributed by atoms with Gasteiger partial charge in [-0.3, -0.25) is 14.9 Å². The Kier molecular flexibility index (Phi) is 3.57. The number of amides is 4. The predicted octanol–water partition coefficient (Wildman–Crippen LogP) is 2.12. The highest BCUT2D eigenvalue weighted by atomic mass is 35.5. The van der Waals surface area contributed by atoms with Crippen LogP contribution in [-0.2, 0) is 16.0 Å². The number of urea groups is 1. The maximum atomic E-state index is 12.0. The molecule has 0 atom stereocenters. The summed E-state index contributed by atoms with van der Waals surface area (Å²) in [5, 5.41) is 2.63. The van der Waals surface area contributed by atoms with E-state index in [0.717, 1.165) is 10.5 Å². The quantitative estimate of drug-likeness (QED) is 0.857. The third kappa shape index (κ3) is 2.61. The molecular formula is C13H13ClN2O3. The zero-order valence-electron chi connectivity index (χ0n) is 10.6. The maximum absolute atomic E-state index is 12.0. The number of hydrogen-bond acceptors (Lipinski definition) is 3. The van der Waals surface area contributed by atoms with Gasteiger partial charge in [-0.15, -0.1) is 0 Å². The molecule has 1 heterocycles. The molecule has 0 fully saturated rings. The Balaban J connectivity index is 2.26. The fourth-order valence-corrected chi connectivity index (χ4v) is 1.97. The first kappa shape index (κ1) is 13.5. The van der Waals surface area contributed by atoms with E-state index in [1.54, 1.807) is 32.0 Å². The minimum absolute atomic E-state index is 0.135. The number of fused-ring (bicyclic) bond motifs is 1. The zero-order chi connectivity index (χ0) is 14.2. The fourth-order valence-electron chi connectivity index (χ4n) is 1.80. The van der Waals surface area contributed by atoms with E-state index < -0.39 is 11.9 Å². The number of carbonyl (C=O) groups is 3. The number of nitrogens with one attached hydrogen (secondary N) is 1. The van der Waals surface area contributed by atoms with E-state index in [9.17, 15) is 14.4 Å². The van der Waals surface area contributed by atoms with Gasteiger partial charge in [0.1, 0.15) is 0 Å². The van der Waals surface area contributed by atoms with Crippen LogP contribution in [0.2, 0.25) is 5.02 Å². The summed E-state index contributed by atoms with van der Waals surface area (Å²) in [6, 6.07) is 4.17. The first-order valence-electron chi connectivity index (χ1n) is 5.86. The molecule has 0 saturated carbocycles. The van der Waals surface area contributed by atoms with Crippen molar-refractivity contribution in [2.75, 3.05) is 4.90 Å². The number of imide groups is 2. The average molecular weight is 281 g/mol. The van der Waals surface area contributed by atoms with E-state index >= 15 is 0 Å². The number of rotatable bonds is 1. The number of hydrogen-bond donors (Lipinski definition) is 1. The largest absolute Gasteiger partial charge is 0.335 e. The van der Waals surface area contributed by atoms with Crippen LogP contribution in [0.1, 0.15) is 19.4 Å². The highest BCUT2D eigenvalue weighted by Crippen LogP contribution is 2.31. The van der Waals surface area contributed by atoms with Crippen molar-refractivity contribution in [2.24, 2.45) is 5.92 Å². The summed E-state index contributed by atoms with van der Waals surface area (Å²) in [6.45, 7) is 3.33.